The van der Waals surface area contributed by atoms with Crippen molar-refractivity contribution in [3.05, 3.63) is 0 Å². The van der Waals surface area contributed by atoms with E-state index in [1.165, 1.54) is 0 Å². The van der Waals surface area contributed by atoms with Crippen LogP contribution in [0.1, 0.15) is 6.42 Å². The lowest BCUT2D eigenvalue weighted by Crippen LogP contribution is -2.24. The molecule has 3 nitrogen and oxygen atoms in total. The first-order chi connectivity index (χ1) is 5.56. The van der Waals surface area contributed by atoms with Crippen molar-refractivity contribution in [2.45, 2.75) is 25.6 Å². The largest absolute Gasteiger partial charge is 0.432 e. The molecule has 0 aliphatic rings. The van der Waals surface area contributed by atoms with E-state index in [1.54, 1.807) is 7.11 Å². The lowest BCUT2D eigenvalue weighted by atomic mass is 10.5. The maximum atomic E-state index is 9.48. The van der Waals surface area contributed by atoms with E-state index in [1.807, 2.05) is 13.1 Å². The van der Waals surface area contributed by atoms with Crippen LogP contribution in [0.25, 0.3) is 0 Å². The molecule has 0 aromatic carbocycles. The van der Waals surface area contributed by atoms with Crippen LogP contribution in [-0.2, 0) is 9.47 Å². The van der Waals surface area contributed by atoms with Gasteiger partial charge in [0.05, 0.1) is 13.2 Å². The highest BCUT2D eigenvalue weighted by Gasteiger charge is 2.15. The molecule has 0 saturated carbocycles. The SMILES string of the molecule is COCCOCCC[Si](C)(C)O. The molecule has 1 N–H and O–H groups in total. The molecule has 0 unspecified atom stereocenters. The molecular weight excluding hydrogens is 172 g/mol. The molecule has 74 valence electrons. The molecule has 0 radical (unpaired) electrons. The van der Waals surface area contributed by atoms with Crippen LogP contribution in [0.15, 0.2) is 0 Å². The molecule has 0 aromatic heterocycles. The quantitative estimate of drug-likeness (QED) is 0.487. The van der Waals surface area contributed by atoms with E-state index in [2.05, 4.69) is 0 Å². The van der Waals surface area contributed by atoms with Crippen molar-refractivity contribution in [3.8, 4) is 0 Å². The van der Waals surface area contributed by atoms with Gasteiger partial charge in [-0.05, 0) is 25.6 Å². The Hall–Kier alpha value is 0.0969. The van der Waals surface area contributed by atoms with Crippen LogP contribution in [0.5, 0.6) is 0 Å². The smallest absolute Gasteiger partial charge is 0.182 e. The molecular formula is C8H20O3Si. The van der Waals surface area contributed by atoms with Gasteiger partial charge in [-0.25, -0.2) is 0 Å². The van der Waals surface area contributed by atoms with E-state index in [4.69, 9.17) is 9.47 Å². The first-order valence-electron chi connectivity index (χ1n) is 4.35. The molecule has 0 fully saturated rings. The van der Waals surface area contributed by atoms with Gasteiger partial charge >= 0.3 is 0 Å². The van der Waals surface area contributed by atoms with Gasteiger partial charge in [-0.3, -0.25) is 0 Å². The second-order valence-corrected chi connectivity index (χ2v) is 7.65. The highest BCUT2D eigenvalue weighted by Crippen LogP contribution is 2.07. The number of methoxy groups -OCH3 is 1. The minimum absolute atomic E-state index is 0.653. The van der Waals surface area contributed by atoms with Crippen LogP contribution >= 0.6 is 0 Å². The maximum Gasteiger partial charge on any atom is 0.182 e. The van der Waals surface area contributed by atoms with Crippen molar-refractivity contribution < 1.29 is 14.3 Å². The van der Waals surface area contributed by atoms with Crippen LogP contribution in [0.2, 0.25) is 19.1 Å². The van der Waals surface area contributed by atoms with Crippen LogP contribution in [0, 0.1) is 0 Å². The molecule has 0 aliphatic heterocycles. The van der Waals surface area contributed by atoms with E-state index in [0.29, 0.717) is 13.2 Å². The van der Waals surface area contributed by atoms with Gasteiger partial charge in [0.15, 0.2) is 8.32 Å². The van der Waals surface area contributed by atoms with Gasteiger partial charge in [-0.15, -0.1) is 0 Å². The summed E-state index contributed by atoms with van der Waals surface area (Å²) in [7, 11) is -0.177. The van der Waals surface area contributed by atoms with Crippen molar-refractivity contribution >= 4 is 8.32 Å². The Morgan fingerprint density at radius 1 is 1.17 bits per heavy atom. The summed E-state index contributed by atoms with van der Waals surface area (Å²) in [6.07, 6.45) is 0.958. The van der Waals surface area contributed by atoms with Crippen molar-refractivity contribution in [1.82, 2.24) is 0 Å². The van der Waals surface area contributed by atoms with Gasteiger partial charge in [0, 0.05) is 13.7 Å². The maximum absolute atomic E-state index is 9.48. The molecule has 0 heterocycles. The van der Waals surface area contributed by atoms with Gasteiger partial charge < -0.3 is 14.3 Å². The predicted octanol–water partition coefficient (Wildman–Crippen LogP) is 1.24. The third kappa shape index (κ3) is 10.1. The number of ether oxygens (including phenoxy) is 2. The van der Waals surface area contributed by atoms with Crippen molar-refractivity contribution in [3.63, 3.8) is 0 Å². The van der Waals surface area contributed by atoms with Crippen molar-refractivity contribution in [2.75, 3.05) is 26.9 Å². The van der Waals surface area contributed by atoms with Crippen molar-refractivity contribution in [2.24, 2.45) is 0 Å². The summed E-state index contributed by atoms with van der Waals surface area (Å²) in [6, 6.07) is 0.917. The monoisotopic (exact) mass is 192 g/mol. The van der Waals surface area contributed by atoms with Gasteiger partial charge in [0.2, 0.25) is 0 Å². The molecule has 0 saturated heterocycles. The molecule has 0 rings (SSSR count). The fourth-order valence-corrected chi connectivity index (χ4v) is 1.86. The molecule has 0 aliphatic carbocycles. The average molecular weight is 192 g/mol. The fourth-order valence-electron chi connectivity index (χ4n) is 0.851. The lowest BCUT2D eigenvalue weighted by Gasteiger charge is -2.13. The molecule has 4 heteroatoms. The molecule has 12 heavy (non-hydrogen) atoms. The minimum atomic E-state index is -1.84. The number of rotatable bonds is 7. The summed E-state index contributed by atoms with van der Waals surface area (Å²) in [4.78, 5) is 9.48. The summed E-state index contributed by atoms with van der Waals surface area (Å²) >= 11 is 0. The highest BCUT2D eigenvalue weighted by atomic mass is 28.4. The summed E-state index contributed by atoms with van der Waals surface area (Å²) in [5, 5.41) is 0. The van der Waals surface area contributed by atoms with Crippen molar-refractivity contribution in [1.29, 1.82) is 0 Å². The van der Waals surface area contributed by atoms with E-state index >= 15 is 0 Å². The van der Waals surface area contributed by atoms with Crippen LogP contribution < -0.4 is 0 Å². The Morgan fingerprint density at radius 3 is 2.33 bits per heavy atom. The molecule has 0 aromatic rings. The summed E-state index contributed by atoms with van der Waals surface area (Å²) in [6.45, 7) is 5.94. The van der Waals surface area contributed by atoms with Crippen LogP contribution in [-0.4, -0.2) is 40.0 Å². The minimum Gasteiger partial charge on any atom is -0.432 e. The molecule has 0 amide bonds. The zero-order valence-corrected chi connectivity index (χ0v) is 9.30. The molecule has 0 atom stereocenters. The summed E-state index contributed by atoms with van der Waals surface area (Å²) < 4.78 is 10.1. The van der Waals surface area contributed by atoms with Gasteiger partial charge in [-0.2, -0.15) is 0 Å². The number of hydrogen-bond donors (Lipinski definition) is 1. The Kier molecular flexibility index (Phi) is 6.65. The van der Waals surface area contributed by atoms with Gasteiger partial charge in [0.25, 0.3) is 0 Å². The normalized spacial score (nSPS) is 12.0. The van der Waals surface area contributed by atoms with Gasteiger partial charge in [0.1, 0.15) is 0 Å². The average Bonchev–Trinajstić information content (AvgIpc) is 1.94. The van der Waals surface area contributed by atoms with E-state index in [-0.39, 0.29) is 0 Å². The third-order valence-corrected chi connectivity index (χ3v) is 3.09. The first kappa shape index (κ1) is 12.1. The summed E-state index contributed by atoms with van der Waals surface area (Å²) in [5.41, 5.74) is 0. The lowest BCUT2D eigenvalue weighted by molar-refractivity contribution is 0.0707. The zero-order valence-electron chi connectivity index (χ0n) is 8.30. The topological polar surface area (TPSA) is 38.7 Å². The Labute approximate surface area is 75.8 Å². The Balaban J connectivity index is 3.01. The third-order valence-electron chi connectivity index (χ3n) is 1.51. The molecule has 0 bridgehead atoms. The van der Waals surface area contributed by atoms with E-state index in [0.717, 1.165) is 19.1 Å². The number of hydrogen-bond acceptors (Lipinski definition) is 3. The van der Waals surface area contributed by atoms with E-state index in [9.17, 15) is 4.80 Å². The first-order valence-corrected chi connectivity index (χ1v) is 7.51. The van der Waals surface area contributed by atoms with Crippen LogP contribution in [0.4, 0.5) is 0 Å². The van der Waals surface area contributed by atoms with E-state index < -0.39 is 8.32 Å². The Bertz CT molecular complexity index is 101. The second kappa shape index (κ2) is 6.60. The summed E-state index contributed by atoms with van der Waals surface area (Å²) in [5.74, 6) is 0. The van der Waals surface area contributed by atoms with Gasteiger partial charge in [-0.1, -0.05) is 0 Å². The molecule has 0 spiro atoms. The fraction of sp³-hybridized carbons (Fsp3) is 1.00. The van der Waals surface area contributed by atoms with Crippen LogP contribution in [0.3, 0.4) is 0 Å². The Morgan fingerprint density at radius 2 is 1.83 bits per heavy atom. The zero-order chi connectivity index (χ0) is 9.45. The second-order valence-electron chi connectivity index (χ2n) is 3.52. The standard InChI is InChI=1S/C8H20O3Si/c1-10-6-7-11-5-4-8-12(2,3)9/h9H,4-8H2,1-3H3. The predicted molar refractivity (Wildman–Crippen MR) is 51.8 cm³/mol. The highest BCUT2D eigenvalue weighted by molar-refractivity contribution is 6.69.